The van der Waals surface area contributed by atoms with Gasteiger partial charge >= 0.3 is 5.97 Å². The average molecular weight is 494 g/mol. The van der Waals surface area contributed by atoms with Gasteiger partial charge in [-0.1, -0.05) is 72.3 Å². The van der Waals surface area contributed by atoms with Gasteiger partial charge < -0.3 is 10.1 Å². The van der Waals surface area contributed by atoms with Crippen LogP contribution in [0.25, 0.3) is 11.1 Å². The molecule has 0 radical (unpaired) electrons. The van der Waals surface area contributed by atoms with Gasteiger partial charge in [-0.05, 0) is 35.4 Å². The summed E-state index contributed by atoms with van der Waals surface area (Å²) in [6.07, 6.45) is 0. The highest BCUT2D eigenvalue weighted by Gasteiger charge is 2.27. The van der Waals surface area contributed by atoms with Gasteiger partial charge in [0.15, 0.2) is 0 Å². The predicted molar refractivity (Wildman–Crippen MR) is 136 cm³/mol. The van der Waals surface area contributed by atoms with Crippen LogP contribution >= 0.6 is 34.7 Å². The van der Waals surface area contributed by atoms with Crippen molar-refractivity contribution in [3.63, 3.8) is 0 Å². The Morgan fingerprint density at radius 2 is 1.58 bits per heavy atom. The molecule has 0 spiro atoms. The van der Waals surface area contributed by atoms with Crippen LogP contribution in [0.15, 0.2) is 95.2 Å². The smallest absolute Gasteiger partial charge is 0.341 e. The molecule has 3 aromatic carbocycles. The lowest BCUT2D eigenvalue weighted by atomic mass is 10.0. The molecule has 1 N–H and O–H groups in total. The molecule has 0 bridgehead atoms. The summed E-state index contributed by atoms with van der Waals surface area (Å²) in [5.74, 6) is -0.729. The third kappa shape index (κ3) is 5.47. The quantitative estimate of drug-likeness (QED) is 0.216. The van der Waals surface area contributed by atoms with Crippen LogP contribution in [0.3, 0.4) is 0 Å². The van der Waals surface area contributed by atoms with Crippen LogP contribution in [-0.2, 0) is 9.53 Å². The van der Waals surface area contributed by atoms with Gasteiger partial charge in [0.05, 0.1) is 7.11 Å². The van der Waals surface area contributed by atoms with E-state index in [0.717, 1.165) is 16.0 Å². The van der Waals surface area contributed by atoms with Crippen molar-refractivity contribution in [2.24, 2.45) is 0 Å². The molecule has 4 nitrogen and oxygen atoms in total. The van der Waals surface area contributed by atoms with Gasteiger partial charge in [-0.2, -0.15) is 0 Å². The van der Waals surface area contributed by atoms with Gasteiger partial charge in [0.1, 0.15) is 15.8 Å². The van der Waals surface area contributed by atoms with Gasteiger partial charge in [-0.25, -0.2) is 4.79 Å². The molecule has 0 fully saturated rings. The minimum Gasteiger partial charge on any atom is -0.465 e. The highest BCUT2D eigenvalue weighted by atomic mass is 35.5. The third-order valence-corrected chi connectivity index (χ3v) is 7.32. The monoisotopic (exact) mass is 493 g/mol. The highest BCUT2D eigenvalue weighted by molar-refractivity contribution is 8.00. The zero-order chi connectivity index (χ0) is 23.2. The molecule has 0 aliphatic rings. The molecule has 4 rings (SSSR count). The summed E-state index contributed by atoms with van der Waals surface area (Å²) in [5.41, 5.74) is 2.70. The van der Waals surface area contributed by atoms with Gasteiger partial charge in [-0.3, -0.25) is 4.79 Å². The lowest BCUT2D eigenvalue weighted by Gasteiger charge is -2.17. The van der Waals surface area contributed by atoms with E-state index in [2.05, 4.69) is 5.32 Å². The summed E-state index contributed by atoms with van der Waals surface area (Å²) < 4.78 is 5.03. The van der Waals surface area contributed by atoms with Crippen LogP contribution in [0.2, 0.25) is 5.02 Å². The molecule has 1 heterocycles. The van der Waals surface area contributed by atoms with Crippen molar-refractivity contribution in [3.8, 4) is 11.1 Å². The Kier molecular flexibility index (Phi) is 7.50. The van der Waals surface area contributed by atoms with Crippen molar-refractivity contribution >= 4 is 51.6 Å². The second-order valence-corrected chi connectivity index (χ2v) is 9.56. The van der Waals surface area contributed by atoms with Crippen molar-refractivity contribution in [2.45, 2.75) is 10.1 Å². The molecule has 1 atom stereocenters. The van der Waals surface area contributed by atoms with Crippen LogP contribution in [-0.4, -0.2) is 19.0 Å². The van der Waals surface area contributed by atoms with E-state index in [-0.39, 0.29) is 5.91 Å². The van der Waals surface area contributed by atoms with E-state index < -0.39 is 11.2 Å². The van der Waals surface area contributed by atoms with Crippen molar-refractivity contribution in [1.82, 2.24) is 0 Å². The Morgan fingerprint density at radius 1 is 0.939 bits per heavy atom. The number of benzene rings is 3. The van der Waals surface area contributed by atoms with Gasteiger partial charge in [0.25, 0.3) is 0 Å². The van der Waals surface area contributed by atoms with E-state index >= 15 is 0 Å². The molecular formula is C26H20ClNO3S2. The molecule has 166 valence electrons. The fraction of sp³-hybridized carbons (Fsp3) is 0.0769. The maximum absolute atomic E-state index is 13.5. The first kappa shape index (κ1) is 23.1. The van der Waals surface area contributed by atoms with Gasteiger partial charge in [0.2, 0.25) is 5.91 Å². The maximum atomic E-state index is 13.5. The Morgan fingerprint density at radius 3 is 2.21 bits per heavy atom. The number of carbonyl (C=O) groups is 2. The fourth-order valence-corrected chi connectivity index (χ4v) is 5.44. The standard InChI is InChI=1S/C26H20ClNO3S2/c1-31-26(30)22-21(17-12-14-19(27)15-13-17)16-32-25(22)28-24(29)23(18-8-4-2-5-9-18)33-20-10-6-3-7-11-20/h2-16,23H,1H3,(H,28,29). The lowest BCUT2D eigenvalue weighted by molar-refractivity contribution is -0.115. The van der Waals surface area contributed by atoms with Gasteiger partial charge in [0, 0.05) is 20.9 Å². The number of esters is 1. The molecule has 1 aromatic heterocycles. The number of thiophene rings is 1. The first-order chi connectivity index (χ1) is 16.1. The van der Waals surface area contributed by atoms with E-state index in [9.17, 15) is 9.59 Å². The van der Waals surface area contributed by atoms with E-state index in [1.165, 1.54) is 30.2 Å². The number of amides is 1. The second-order valence-electron chi connectivity index (χ2n) is 7.06. The summed E-state index contributed by atoms with van der Waals surface area (Å²) in [7, 11) is 1.33. The molecule has 1 amide bonds. The number of carbonyl (C=O) groups excluding carboxylic acids is 2. The zero-order valence-corrected chi connectivity index (χ0v) is 20.0. The molecule has 33 heavy (non-hydrogen) atoms. The van der Waals surface area contributed by atoms with Crippen LogP contribution in [0, 0.1) is 0 Å². The predicted octanol–water partition coefficient (Wildman–Crippen LogP) is 7.33. The highest BCUT2D eigenvalue weighted by Crippen LogP contribution is 2.40. The van der Waals surface area contributed by atoms with Crippen LogP contribution < -0.4 is 5.32 Å². The topological polar surface area (TPSA) is 55.4 Å². The summed E-state index contributed by atoms with van der Waals surface area (Å²) >= 11 is 8.76. The van der Waals surface area contributed by atoms with E-state index in [4.69, 9.17) is 16.3 Å². The number of methoxy groups -OCH3 is 1. The maximum Gasteiger partial charge on any atom is 0.341 e. The van der Waals surface area contributed by atoms with E-state index in [0.29, 0.717) is 21.2 Å². The summed E-state index contributed by atoms with van der Waals surface area (Å²) in [5, 5.41) is 5.37. The Balaban J connectivity index is 1.68. The summed E-state index contributed by atoms with van der Waals surface area (Å²) in [6.45, 7) is 0. The third-order valence-electron chi connectivity index (χ3n) is 4.91. The Labute approximate surface area is 205 Å². The van der Waals surface area contributed by atoms with Crippen molar-refractivity contribution in [2.75, 3.05) is 12.4 Å². The molecule has 4 aromatic rings. The lowest BCUT2D eigenvalue weighted by Crippen LogP contribution is -2.20. The number of halogens is 1. The molecule has 0 aliphatic carbocycles. The number of nitrogens with one attached hydrogen (secondary N) is 1. The molecule has 7 heteroatoms. The van der Waals surface area contributed by atoms with Crippen LogP contribution in [0.5, 0.6) is 0 Å². The zero-order valence-electron chi connectivity index (χ0n) is 17.7. The number of rotatable bonds is 7. The fourth-order valence-electron chi connectivity index (χ4n) is 3.31. The SMILES string of the molecule is COC(=O)c1c(-c2ccc(Cl)cc2)csc1NC(=O)C(Sc1ccccc1)c1ccccc1. The number of hydrogen-bond donors (Lipinski definition) is 1. The Hall–Kier alpha value is -3.06. The Bertz CT molecular complexity index is 1240. The molecule has 0 saturated carbocycles. The summed E-state index contributed by atoms with van der Waals surface area (Å²) in [4.78, 5) is 27.1. The normalized spacial score (nSPS) is 11.6. The molecule has 1 unspecified atom stereocenters. The molecule has 0 saturated heterocycles. The molecular weight excluding hydrogens is 474 g/mol. The van der Waals surface area contributed by atoms with Crippen molar-refractivity contribution in [3.05, 3.63) is 106 Å². The van der Waals surface area contributed by atoms with Crippen LogP contribution in [0.4, 0.5) is 5.00 Å². The molecule has 0 aliphatic heterocycles. The number of thioether (sulfide) groups is 1. The van der Waals surface area contributed by atoms with Crippen molar-refractivity contribution in [1.29, 1.82) is 0 Å². The second kappa shape index (κ2) is 10.7. The minimum atomic E-state index is -0.511. The number of hydrogen-bond acceptors (Lipinski definition) is 5. The van der Waals surface area contributed by atoms with Crippen molar-refractivity contribution < 1.29 is 14.3 Å². The number of ether oxygens (including phenoxy) is 1. The largest absolute Gasteiger partial charge is 0.465 e. The van der Waals surface area contributed by atoms with E-state index in [1.807, 2.05) is 78.2 Å². The first-order valence-electron chi connectivity index (χ1n) is 10.1. The van der Waals surface area contributed by atoms with E-state index in [1.54, 1.807) is 12.1 Å². The van der Waals surface area contributed by atoms with Crippen LogP contribution in [0.1, 0.15) is 21.2 Å². The number of anilines is 1. The first-order valence-corrected chi connectivity index (χ1v) is 12.2. The average Bonchev–Trinajstić information content (AvgIpc) is 3.27. The summed E-state index contributed by atoms with van der Waals surface area (Å²) in [6, 6.07) is 26.5. The van der Waals surface area contributed by atoms with Gasteiger partial charge in [-0.15, -0.1) is 23.1 Å². The minimum absolute atomic E-state index is 0.218.